The summed E-state index contributed by atoms with van der Waals surface area (Å²) in [6.45, 7) is 5.34. The van der Waals surface area contributed by atoms with Gasteiger partial charge in [0.15, 0.2) is 0 Å². The van der Waals surface area contributed by atoms with Crippen molar-refractivity contribution in [1.82, 2.24) is 19.7 Å². The van der Waals surface area contributed by atoms with Crippen LogP contribution < -0.4 is 10.0 Å². The maximum absolute atomic E-state index is 12.5. The van der Waals surface area contributed by atoms with E-state index >= 15 is 0 Å². The molecule has 0 fully saturated rings. The molecule has 0 aliphatic heterocycles. The molecule has 0 spiro atoms. The molecule has 2 N–H and O–H groups in total. The number of sulfonamides is 1. The number of hydrogen-bond acceptors (Lipinski definition) is 6. The van der Waals surface area contributed by atoms with Crippen LogP contribution in [0.2, 0.25) is 0 Å². The Morgan fingerprint density at radius 2 is 1.96 bits per heavy atom. The summed E-state index contributed by atoms with van der Waals surface area (Å²) in [7, 11) is 2.13. The minimum Gasteiger partial charge on any atom is -0.370 e. The normalized spacial score (nSPS) is 11.8. The lowest BCUT2D eigenvalue weighted by molar-refractivity contribution is 0.405. The average molecular weight is 366 g/mol. The highest BCUT2D eigenvalue weighted by atomic mass is 32.2. The maximum Gasteiger partial charge on any atom is 0.263 e. The lowest BCUT2D eigenvalue weighted by Gasteiger charge is -2.11. The van der Waals surface area contributed by atoms with Crippen molar-refractivity contribution in [3.05, 3.63) is 29.7 Å². The topological polar surface area (TPSA) is 92.1 Å². The molecule has 2 heterocycles. The number of rotatable bonds is 8. The van der Waals surface area contributed by atoms with E-state index in [-0.39, 0.29) is 4.90 Å². The van der Waals surface area contributed by atoms with Gasteiger partial charge in [0.05, 0.1) is 17.1 Å². The third-order valence-corrected chi connectivity index (χ3v) is 5.22. The third kappa shape index (κ3) is 4.93. The van der Waals surface area contributed by atoms with Crippen molar-refractivity contribution in [3.63, 3.8) is 0 Å². The number of aryl methyl sites for hydroxylation is 2. The Morgan fingerprint density at radius 1 is 1.24 bits per heavy atom. The highest BCUT2D eigenvalue weighted by Crippen LogP contribution is 2.22. The van der Waals surface area contributed by atoms with Gasteiger partial charge in [-0.25, -0.2) is 13.4 Å². The van der Waals surface area contributed by atoms with Gasteiger partial charge in [0.1, 0.15) is 10.7 Å². The molecule has 138 valence electrons. The van der Waals surface area contributed by atoms with E-state index in [1.54, 1.807) is 30.8 Å². The van der Waals surface area contributed by atoms with E-state index in [1.807, 2.05) is 21.0 Å². The van der Waals surface area contributed by atoms with Gasteiger partial charge in [-0.05, 0) is 53.0 Å². The Balaban J connectivity index is 2.05. The molecule has 0 bridgehead atoms. The molecule has 0 unspecified atom stereocenters. The van der Waals surface area contributed by atoms with Gasteiger partial charge in [0, 0.05) is 19.8 Å². The van der Waals surface area contributed by atoms with Gasteiger partial charge in [-0.3, -0.25) is 9.40 Å². The summed E-state index contributed by atoms with van der Waals surface area (Å²) < 4.78 is 29.3. The Kier molecular flexibility index (Phi) is 6.02. The Hall–Kier alpha value is -2.13. The lowest BCUT2D eigenvalue weighted by atomic mass is 10.3. The smallest absolute Gasteiger partial charge is 0.263 e. The minimum atomic E-state index is -3.70. The molecule has 8 nitrogen and oxygen atoms in total. The van der Waals surface area contributed by atoms with Crippen LogP contribution in [-0.4, -0.2) is 55.3 Å². The Labute approximate surface area is 149 Å². The zero-order valence-corrected chi connectivity index (χ0v) is 16.2. The van der Waals surface area contributed by atoms with Crippen LogP contribution in [0.1, 0.15) is 17.8 Å². The van der Waals surface area contributed by atoms with Gasteiger partial charge < -0.3 is 10.2 Å². The van der Waals surface area contributed by atoms with Crippen molar-refractivity contribution >= 4 is 21.5 Å². The molecule has 2 aromatic rings. The second-order valence-corrected chi connectivity index (χ2v) is 7.92. The first kappa shape index (κ1) is 19.2. The summed E-state index contributed by atoms with van der Waals surface area (Å²) in [5.41, 5.74) is 1.90. The van der Waals surface area contributed by atoms with Crippen LogP contribution in [0.25, 0.3) is 0 Å². The van der Waals surface area contributed by atoms with E-state index in [9.17, 15) is 8.42 Å². The van der Waals surface area contributed by atoms with E-state index in [2.05, 4.69) is 25.0 Å². The largest absolute Gasteiger partial charge is 0.370 e. The molecule has 2 aromatic heterocycles. The first-order valence-corrected chi connectivity index (χ1v) is 9.56. The zero-order chi connectivity index (χ0) is 18.6. The number of pyridine rings is 1. The number of aromatic nitrogens is 3. The van der Waals surface area contributed by atoms with Crippen LogP contribution in [-0.2, 0) is 17.1 Å². The maximum atomic E-state index is 12.5. The fourth-order valence-corrected chi connectivity index (χ4v) is 3.49. The molecule has 0 radical (unpaired) electrons. The molecule has 0 atom stereocenters. The molecule has 2 rings (SSSR count). The monoisotopic (exact) mass is 366 g/mol. The molecule has 0 saturated carbocycles. The van der Waals surface area contributed by atoms with E-state index in [1.165, 1.54) is 6.20 Å². The predicted molar refractivity (Wildman–Crippen MR) is 99.4 cm³/mol. The first-order chi connectivity index (χ1) is 11.7. The van der Waals surface area contributed by atoms with E-state index in [0.29, 0.717) is 17.2 Å². The first-order valence-electron chi connectivity index (χ1n) is 8.08. The van der Waals surface area contributed by atoms with Gasteiger partial charge >= 0.3 is 0 Å². The number of nitrogens with one attached hydrogen (secondary N) is 2. The number of anilines is 2. The quantitative estimate of drug-likeness (QED) is 0.690. The van der Waals surface area contributed by atoms with Crippen LogP contribution in [0.5, 0.6) is 0 Å². The highest BCUT2D eigenvalue weighted by molar-refractivity contribution is 7.92. The molecule has 0 aliphatic rings. The summed E-state index contributed by atoms with van der Waals surface area (Å²) in [6, 6.07) is 3.22. The molecule has 9 heteroatoms. The van der Waals surface area contributed by atoms with Crippen LogP contribution in [0.15, 0.2) is 23.2 Å². The fraction of sp³-hybridized carbons (Fsp3) is 0.500. The summed E-state index contributed by atoms with van der Waals surface area (Å²) >= 11 is 0. The number of hydrogen-bond donors (Lipinski definition) is 2. The van der Waals surface area contributed by atoms with Crippen molar-refractivity contribution in [2.45, 2.75) is 25.2 Å². The van der Waals surface area contributed by atoms with Gasteiger partial charge in [-0.15, -0.1) is 0 Å². The van der Waals surface area contributed by atoms with Crippen LogP contribution in [0.4, 0.5) is 11.5 Å². The zero-order valence-electron chi connectivity index (χ0n) is 15.4. The average Bonchev–Trinajstić information content (AvgIpc) is 2.78. The number of nitrogens with zero attached hydrogens (tertiary/aromatic N) is 4. The summed E-state index contributed by atoms with van der Waals surface area (Å²) in [6.07, 6.45) is 2.34. The summed E-state index contributed by atoms with van der Waals surface area (Å²) in [4.78, 5) is 6.42. The van der Waals surface area contributed by atoms with Gasteiger partial charge in [0.2, 0.25) is 0 Å². The van der Waals surface area contributed by atoms with Crippen molar-refractivity contribution in [2.75, 3.05) is 37.2 Å². The van der Waals surface area contributed by atoms with Gasteiger partial charge in [-0.1, -0.05) is 0 Å². The van der Waals surface area contributed by atoms with Crippen LogP contribution >= 0.6 is 0 Å². The highest BCUT2D eigenvalue weighted by Gasteiger charge is 2.19. The van der Waals surface area contributed by atoms with Crippen molar-refractivity contribution in [3.8, 4) is 0 Å². The third-order valence-electron chi connectivity index (χ3n) is 3.88. The lowest BCUT2D eigenvalue weighted by Crippen LogP contribution is -2.17. The molecule has 0 aromatic carbocycles. The van der Waals surface area contributed by atoms with Crippen molar-refractivity contribution in [1.29, 1.82) is 0 Å². The Morgan fingerprint density at radius 3 is 2.48 bits per heavy atom. The molecule has 0 amide bonds. The minimum absolute atomic E-state index is 0.119. The Bertz CT molecular complexity index is 812. The second kappa shape index (κ2) is 7.83. The molecule has 0 saturated heterocycles. The van der Waals surface area contributed by atoms with E-state index < -0.39 is 10.0 Å². The van der Waals surface area contributed by atoms with Gasteiger partial charge in [-0.2, -0.15) is 5.10 Å². The van der Waals surface area contributed by atoms with Crippen molar-refractivity contribution < 1.29 is 8.42 Å². The SMILES string of the molecule is Cc1nn(C)c(C)c1NS(=O)(=O)c1ccc(NCCCN(C)C)nc1. The van der Waals surface area contributed by atoms with Gasteiger partial charge in [0.25, 0.3) is 10.0 Å². The fourth-order valence-electron chi connectivity index (χ4n) is 2.37. The molecular formula is C16H26N6O2S. The summed E-state index contributed by atoms with van der Waals surface area (Å²) in [5, 5.41) is 7.40. The predicted octanol–water partition coefficient (Wildman–Crippen LogP) is 1.60. The van der Waals surface area contributed by atoms with E-state index in [0.717, 1.165) is 25.2 Å². The molecular weight excluding hydrogens is 340 g/mol. The van der Waals surface area contributed by atoms with E-state index in [4.69, 9.17) is 0 Å². The molecule has 0 aliphatic carbocycles. The molecule has 25 heavy (non-hydrogen) atoms. The summed E-state index contributed by atoms with van der Waals surface area (Å²) in [5.74, 6) is 0.659. The van der Waals surface area contributed by atoms with Crippen LogP contribution in [0.3, 0.4) is 0 Å². The van der Waals surface area contributed by atoms with Crippen molar-refractivity contribution in [2.24, 2.45) is 7.05 Å². The standard InChI is InChI=1S/C16H26N6O2S/c1-12-16(13(2)22(5)19-12)20-25(23,24)14-7-8-15(18-11-14)17-9-6-10-21(3)4/h7-8,11,20H,6,9-10H2,1-5H3,(H,17,18). The van der Waals surface area contributed by atoms with Crippen LogP contribution in [0, 0.1) is 13.8 Å². The second-order valence-electron chi connectivity index (χ2n) is 6.24.